The lowest BCUT2D eigenvalue weighted by Gasteiger charge is -2.00. The predicted molar refractivity (Wildman–Crippen MR) is 55.3 cm³/mol. The molecule has 4 nitrogen and oxygen atoms in total. The third-order valence-corrected chi connectivity index (χ3v) is 2.03. The maximum Gasteiger partial charge on any atom is 0.298 e. The minimum Gasteiger partial charge on any atom is -0.429 e. The van der Waals surface area contributed by atoms with Gasteiger partial charge in [-0.2, -0.15) is 5.10 Å². The molecule has 0 saturated heterocycles. The largest absolute Gasteiger partial charge is 0.429 e. The van der Waals surface area contributed by atoms with Gasteiger partial charge in [0.2, 0.25) is 0 Å². The van der Waals surface area contributed by atoms with Crippen molar-refractivity contribution in [3.63, 3.8) is 0 Å². The molecule has 2 aromatic rings. The zero-order chi connectivity index (χ0) is 10.7. The van der Waals surface area contributed by atoms with E-state index in [1.807, 2.05) is 31.4 Å². The molecule has 4 heteroatoms. The lowest BCUT2D eigenvalue weighted by molar-refractivity contribution is -0.120. The van der Waals surface area contributed by atoms with Crippen LogP contribution in [0.4, 0.5) is 0 Å². The van der Waals surface area contributed by atoms with Crippen molar-refractivity contribution in [2.45, 2.75) is 0 Å². The summed E-state index contributed by atoms with van der Waals surface area (Å²) in [6, 6.07) is 9.14. The summed E-state index contributed by atoms with van der Waals surface area (Å²) >= 11 is 0. The van der Waals surface area contributed by atoms with E-state index in [4.69, 9.17) is 4.74 Å². The summed E-state index contributed by atoms with van der Waals surface area (Å²) in [6.45, 7) is 0.414. The molecule has 0 atom stereocenters. The second kappa shape index (κ2) is 3.96. The Morgan fingerprint density at radius 1 is 1.40 bits per heavy atom. The molecule has 1 heterocycles. The molecule has 0 aliphatic heterocycles. The lowest BCUT2D eigenvalue weighted by atomic mass is 10.1. The zero-order valence-corrected chi connectivity index (χ0v) is 8.25. The lowest BCUT2D eigenvalue weighted by Crippen LogP contribution is -1.90. The molecular weight excluding hydrogens is 192 g/mol. The molecular formula is C11H10N2O2. The summed E-state index contributed by atoms with van der Waals surface area (Å²) in [7, 11) is 1.86. The van der Waals surface area contributed by atoms with Gasteiger partial charge in [-0.1, -0.05) is 12.1 Å². The van der Waals surface area contributed by atoms with Crippen LogP contribution in [0.25, 0.3) is 11.3 Å². The van der Waals surface area contributed by atoms with E-state index in [-0.39, 0.29) is 0 Å². The Bertz CT molecular complexity index is 477. The number of ether oxygens (including phenoxy) is 1. The first-order valence-electron chi connectivity index (χ1n) is 4.50. The van der Waals surface area contributed by atoms with Crippen LogP contribution >= 0.6 is 0 Å². The van der Waals surface area contributed by atoms with Gasteiger partial charge in [0.05, 0.1) is 5.69 Å². The number of nitrogens with zero attached hydrogens (tertiary/aromatic N) is 2. The van der Waals surface area contributed by atoms with Gasteiger partial charge in [-0.05, 0) is 18.2 Å². The number of carbonyl (C=O) groups excluding carboxylic acids is 1. The SMILES string of the molecule is Cn1ccc(-c2cccc(OC=O)c2)n1. The van der Waals surface area contributed by atoms with Gasteiger partial charge in [-0.25, -0.2) is 0 Å². The highest BCUT2D eigenvalue weighted by Gasteiger charge is 2.02. The summed E-state index contributed by atoms with van der Waals surface area (Å²) in [5.41, 5.74) is 1.78. The van der Waals surface area contributed by atoms with Gasteiger partial charge in [-0.3, -0.25) is 9.48 Å². The fourth-order valence-corrected chi connectivity index (χ4v) is 1.35. The smallest absolute Gasteiger partial charge is 0.298 e. The van der Waals surface area contributed by atoms with Crippen LogP contribution in [0.2, 0.25) is 0 Å². The summed E-state index contributed by atoms with van der Waals surface area (Å²) in [5, 5.41) is 4.25. The van der Waals surface area contributed by atoms with Crippen LogP contribution in [-0.2, 0) is 11.8 Å². The Kier molecular flexibility index (Phi) is 2.49. The Hall–Kier alpha value is -2.10. The van der Waals surface area contributed by atoms with Gasteiger partial charge in [0.15, 0.2) is 0 Å². The van der Waals surface area contributed by atoms with Crippen LogP contribution in [0, 0.1) is 0 Å². The number of hydrogen-bond acceptors (Lipinski definition) is 3. The molecule has 0 amide bonds. The predicted octanol–water partition coefficient (Wildman–Crippen LogP) is 1.62. The van der Waals surface area contributed by atoms with Crippen LogP contribution in [0.1, 0.15) is 0 Å². The minimum atomic E-state index is 0.414. The van der Waals surface area contributed by atoms with E-state index < -0.39 is 0 Å². The van der Waals surface area contributed by atoms with E-state index in [0.717, 1.165) is 11.3 Å². The molecule has 0 fully saturated rings. The van der Waals surface area contributed by atoms with Gasteiger partial charge >= 0.3 is 0 Å². The number of carbonyl (C=O) groups is 1. The minimum absolute atomic E-state index is 0.414. The molecule has 1 aromatic heterocycles. The quantitative estimate of drug-likeness (QED) is 0.710. The van der Waals surface area contributed by atoms with E-state index >= 15 is 0 Å². The highest BCUT2D eigenvalue weighted by molar-refractivity contribution is 5.61. The van der Waals surface area contributed by atoms with Gasteiger partial charge in [0.25, 0.3) is 6.47 Å². The Labute approximate surface area is 87.1 Å². The molecule has 0 bridgehead atoms. The summed E-state index contributed by atoms with van der Waals surface area (Å²) in [6.07, 6.45) is 1.86. The van der Waals surface area contributed by atoms with Crippen LogP contribution in [0.5, 0.6) is 5.75 Å². The molecule has 2 rings (SSSR count). The van der Waals surface area contributed by atoms with Crippen molar-refractivity contribution in [1.82, 2.24) is 9.78 Å². The van der Waals surface area contributed by atoms with Gasteiger partial charge in [0.1, 0.15) is 5.75 Å². The van der Waals surface area contributed by atoms with Gasteiger partial charge < -0.3 is 4.74 Å². The van der Waals surface area contributed by atoms with E-state index in [9.17, 15) is 4.79 Å². The van der Waals surface area contributed by atoms with Crippen molar-refractivity contribution >= 4 is 6.47 Å². The number of rotatable bonds is 3. The first-order valence-corrected chi connectivity index (χ1v) is 4.50. The number of hydrogen-bond donors (Lipinski definition) is 0. The van der Waals surface area contributed by atoms with Crippen molar-refractivity contribution in [1.29, 1.82) is 0 Å². The van der Waals surface area contributed by atoms with Crippen molar-refractivity contribution in [3.05, 3.63) is 36.5 Å². The molecule has 15 heavy (non-hydrogen) atoms. The number of benzene rings is 1. The molecule has 0 aliphatic carbocycles. The number of aromatic nitrogens is 2. The molecule has 76 valence electrons. The van der Waals surface area contributed by atoms with Crippen LogP contribution in [0.3, 0.4) is 0 Å². The van der Waals surface area contributed by atoms with Crippen LogP contribution < -0.4 is 4.74 Å². The Morgan fingerprint density at radius 3 is 2.93 bits per heavy atom. The highest BCUT2D eigenvalue weighted by Crippen LogP contribution is 2.21. The Morgan fingerprint density at radius 2 is 2.27 bits per heavy atom. The maximum absolute atomic E-state index is 10.2. The zero-order valence-electron chi connectivity index (χ0n) is 8.25. The standard InChI is InChI=1S/C11H10N2O2/c1-13-6-5-11(12-13)9-3-2-4-10(7-9)15-8-14/h2-8H,1H3. The average molecular weight is 202 g/mol. The molecule has 0 saturated carbocycles. The molecule has 0 spiro atoms. The van der Waals surface area contributed by atoms with Crippen molar-refractivity contribution in [2.24, 2.45) is 7.05 Å². The third kappa shape index (κ3) is 2.04. The Balaban J connectivity index is 2.36. The molecule has 0 radical (unpaired) electrons. The number of aryl methyl sites for hydroxylation is 1. The maximum atomic E-state index is 10.2. The van der Waals surface area contributed by atoms with Crippen molar-refractivity contribution in [2.75, 3.05) is 0 Å². The summed E-state index contributed by atoms with van der Waals surface area (Å²) < 4.78 is 6.48. The first-order chi connectivity index (χ1) is 7.29. The van der Waals surface area contributed by atoms with E-state index in [1.54, 1.807) is 16.8 Å². The van der Waals surface area contributed by atoms with E-state index in [2.05, 4.69) is 5.10 Å². The highest BCUT2D eigenvalue weighted by atomic mass is 16.5. The average Bonchev–Trinajstić information content (AvgIpc) is 2.66. The first kappa shape index (κ1) is 9.45. The van der Waals surface area contributed by atoms with Crippen LogP contribution in [-0.4, -0.2) is 16.3 Å². The van der Waals surface area contributed by atoms with Crippen molar-refractivity contribution in [3.8, 4) is 17.0 Å². The van der Waals surface area contributed by atoms with Crippen LogP contribution in [0.15, 0.2) is 36.5 Å². The molecule has 1 aromatic carbocycles. The fraction of sp³-hybridized carbons (Fsp3) is 0.0909. The fourth-order valence-electron chi connectivity index (χ4n) is 1.35. The second-order valence-corrected chi connectivity index (χ2v) is 3.12. The second-order valence-electron chi connectivity index (χ2n) is 3.12. The van der Waals surface area contributed by atoms with Crippen molar-refractivity contribution < 1.29 is 9.53 Å². The van der Waals surface area contributed by atoms with Gasteiger partial charge in [-0.15, -0.1) is 0 Å². The van der Waals surface area contributed by atoms with E-state index in [1.165, 1.54) is 0 Å². The van der Waals surface area contributed by atoms with E-state index in [0.29, 0.717) is 12.2 Å². The molecule has 0 N–H and O–H groups in total. The normalized spacial score (nSPS) is 9.93. The summed E-state index contributed by atoms with van der Waals surface area (Å²) in [4.78, 5) is 10.2. The topological polar surface area (TPSA) is 44.1 Å². The third-order valence-electron chi connectivity index (χ3n) is 2.03. The molecule has 0 unspecified atom stereocenters. The summed E-state index contributed by atoms with van der Waals surface area (Å²) in [5.74, 6) is 0.521. The monoisotopic (exact) mass is 202 g/mol. The molecule has 0 aliphatic rings. The van der Waals surface area contributed by atoms with Gasteiger partial charge in [0, 0.05) is 18.8 Å².